The fourth-order valence-electron chi connectivity index (χ4n) is 8.38. The Kier molecular flexibility index (Phi) is 13.9. The van der Waals surface area contributed by atoms with E-state index in [1.807, 2.05) is 0 Å². The fourth-order valence-corrected chi connectivity index (χ4v) is 8.38. The number of rotatable bonds is 20. The molecule has 1 unspecified atom stereocenters. The molecule has 5 heterocycles. The molecule has 0 spiro atoms. The lowest BCUT2D eigenvalue weighted by Crippen LogP contribution is -2.12. The highest BCUT2D eigenvalue weighted by Crippen LogP contribution is 2.37. The van der Waals surface area contributed by atoms with Gasteiger partial charge in [0.1, 0.15) is 0 Å². The number of carbonyl (C=O) groups is 8. The van der Waals surface area contributed by atoms with Crippen molar-refractivity contribution in [3.8, 4) is 0 Å². The summed E-state index contributed by atoms with van der Waals surface area (Å²) in [5.74, 6) is -10.4. The fraction of sp³-hybridized carbons (Fsp3) is 0.400. The summed E-state index contributed by atoms with van der Waals surface area (Å²) in [5, 5.41) is 90.4. The van der Waals surface area contributed by atoms with Crippen molar-refractivity contribution in [1.29, 1.82) is 0 Å². The topological polar surface area (TPSA) is 382 Å². The van der Waals surface area contributed by atoms with Crippen LogP contribution in [0.15, 0.2) is 0 Å². The number of nitrogens with one attached hydrogen (secondary N) is 4. The molecule has 0 amide bonds. The third kappa shape index (κ3) is 10.9. The summed E-state index contributed by atoms with van der Waals surface area (Å²) in [6.45, 7) is 0. The Bertz CT molecular complexity index is 2410. The van der Waals surface area contributed by atoms with E-state index in [0.29, 0.717) is 0 Å². The van der Waals surface area contributed by atoms with Gasteiger partial charge in [0, 0.05) is 96.1 Å². The molecule has 13 N–H and O–H groups in total. The predicted octanol–water partition coefficient (Wildman–Crippen LogP) is 1.74. The lowest BCUT2D eigenvalue weighted by molar-refractivity contribution is -0.140. The van der Waals surface area contributed by atoms with Crippen molar-refractivity contribution in [2.24, 2.45) is 0 Å². The van der Waals surface area contributed by atoms with E-state index in [2.05, 4.69) is 19.9 Å². The normalized spacial score (nSPS) is 12.8. The molecular formula is C40H44N4O17. The number of aromatic nitrogens is 4. The summed E-state index contributed by atoms with van der Waals surface area (Å²) >= 11 is 0. The minimum atomic E-state index is -1.81. The third-order valence-corrected chi connectivity index (χ3v) is 10.7. The maximum atomic E-state index is 12.4. The van der Waals surface area contributed by atoms with Crippen LogP contribution in [-0.2, 0) is 109 Å². The Labute approximate surface area is 344 Å². The first-order valence-corrected chi connectivity index (χ1v) is 19.0. The monoisotopic (exact) mass is 852 g/mol. The zero-order valence-corrected chi connectivity index (χ0v) is 32.5. The molecular weight excluding hydrogens is 808 g/mol. The quantitative estimate of drug-likeness (QED) is 0.0530. The van der Waals surface area contributed by atoms with Crippen LogP contribution in [0.25, 0.3) is 0 Å². The van der Waals surface area contributed by atoms with Crippen LogP contribution >= 0.6 is 0 Å². The van der Waals surface area contributed by atoms with Crippen LogP contribution < -0.4 is 0 Å². The van der Waals surface area contributed by atoms with Crippen molar-refractivity contribution in [2.45, 2.75) is 102 Å². The van der Waals surface area contributed by atoms with Crippen molar-refractivity contribution < 1.29 is 84.3 Å². The second-order valence-corrected chi connectivity index (χ2v) is 14.9. The van der Waals surface area contributed by atoms with E-state index in [9.17, 15) is 84.3 Å². The van der Waals surface area contributed by atoms with Crippen molar-refractivity contribution in [1.82, 2.24) is 19.9 Å². The van der Waals surface area contributed by atoms with Crippen molar-refractivity contribution in [3.05, 3.63) is 90.1 Å². The zero-order valence-electron chi connectivity index (χ0n) is 32.5. The third-order valence-electron chi connectivity index (χ3n) is 10.7. The average Bonchev–Trinajstić information content (AvgIpc) is 3.82. The number of carboxylic acids is 8. The van der Waals surface area contributed by atoms with Crippen LogP contribution in [0, 0.1) is 0 Å². The highest BCUT2D eigenvalue weighted by Gasteiger charge is 2.32. The van der Waals surface area contributed by atoms with Crippen LogP contribution in [-0.4, -0.2) is 114 Å². The summed E-state index contributed by atoms with van der Waals surface area (Å²) in [6.07, 6.45) is -8.37. The molecule has 8 bridgehead atoms. The standard InChI is InChI=1S/C40H44N4O17/c45-31(15-39(60)61)40-22(10-38(58)59)29-13-25-17(2-5-33(48)49)20(8-36(54)55)27(42-25)11-23-16(1-4-32(46)47)19(7-35(52)53)26(41-23)12-24-18(3-6-34(50)51)21(9-37(56)57)28(43-24)14-30(40)44-29/h31,41-45H,1-15H2,(H,46,47)(H,48,49)(H,50,51)(H,52,53)(H,54,55)(H,56,57)(H,58,59)(H,60,61). The Balaban J connectivity index is 1.92. The maximum absolute atomic E-state index is 12.4. The van der Waals surface area contributed by atoms with E-state index < -0.39 is 105 Å². The molecule has 1 aliphatic rings. The van der Waals surface area contributed by atoms with Gasteiger partial charge in [0.15, 0.2) is 0 Å². The molecule has 4 aromatic rings. The molecule has 5 rings (SSSR count). The molecule has 0 fully saturated rings. The van der Waals surface area contributed by atoms with Crippen LogP contribution in [0.3, 0.4) is 0 Å². The van der Waals surface area contributed by atoms with Gasteiger partial charge in [0.2, 0.25) is 0 Å². The number of hydrogen-bond donors (Lipinski definition) is 13. The van der Waals surface area contributed by atoms with Crippen molar-refractivity contribution >= 4 is 47.8 Å². The highest BCUT2D eigenvalue weighted by molar-refractivity contribution is 5.76. The predicted molar refractivity (Wildman–Crippen MR) is 205 cm³/mol. The van der Waals surface area contributed by atoms with Crippen LogP contribution in [0.4, 0.5) is 0 Å². The van der Waals surface area contributed by atoms with Crippen LogP contribution in [0.1, 0.15) is 122 Å². The second kappa shape index (κ2) is 18.8. The van der Waals surface area contributed by atoms with E-state index in [0.717, 1.165) is 0 Å². The van der Waals surface area contributed by atoms with Gasteiger partial charge in [-0.1, -0.05) is 0 Å². The smallest absolute Gasteiger partial charge is 0.307 e. The van der Waals surface area contributed by atoms with Gasteiger partial charge < -0.3 is 65.9 Å². The molecule has 4 aromatic heterocycles. The molecule has 0 saturated heterocycles. The number of aromatic amines is 4. The van der Waals surface area contributed by atoms with Crippen molar-refractivity contribution in [2.75, 3.05) is 0 Å². The van der Waals surface area contributed by atoms with Crippen LogP contribution in [0.2, 0.25) is 0 Å². The minimum absolute atomic E-state index is 0.0405. The largest absolute Gasteiger partial charge is 0.481 e. The number of aliphatic carboxylic acids is 8. The average molecular weight is 853 g/mol. The summed E-state index contributed by atoms with van der Waals surface area (Å²) in [7, 11) is 0. The minimum Gasteiger partial charge on any atom is -0.481 e. The van der Waals surface area contributed by atoms with Gasteiger partial charge in [-0.3, -0.25) is 38.4 Å². The lowest BCUT2D eigenvalue weighted by Gasteiger charge is -2.13. The van der Waals surface area contributed by atoms with Crippen LogP contribution in [0.5, 0.6) is 0 Å². The van der Waals surface area contributed by atoms with Gasteiger partial charge in [-0.05, 0) is 58.2 Å². The van der Waals surface area contributed by atoms with E-state index in [1.54, 1.807) is 0 Å². The SMILES string of the molecule is O=C(O)CCc1c2[nH]c(c1CC(=O)O)Cc1[nH]c(c(CC(=O)O)c1CCC(=O)O)Cc1[nH]c(c(CC(=O)O)c1C(O)CC(=O)O)Cc1[nH]c(c(CC(=O)O)c1CCC(=O)O)C2. The molecule has 21 nitrogen and oxygen atoms in total. The number of H-pyrrole nitrogens is 4. The second-order valence-electron chi connectivity index (χ2n) is 14.9. The molecule has 0 aliphatic carbocycles. The zero-order chi connectivity index (χ0) is 44.9. The van der Waals surface area contributed by atoms with E-state index in [-0.39, 0.29) is 135 Å². The highest BCUT2D eigenvalue weighted by atomic mass is 16.4. The summed E-state index contributed by atoms with van der Waals surface area (Å²) in [6, 6.07) is 0. The molecule has 1 aliphatic heterocycles. The number of hydrogen-bond acceptors (Lipinski definition) is 9. The summed E-state index contributed by atoms with van der Waals surface area (Å²) in [4.78, 5) is 110. The molecule has 0 aromatic carbocycles. The molecule has 1 atom stereocenters. The lowest BCUT2D eigenvalue weighted by atomic mass is 9.92. The first-order chi connectivity index (χ1) is 28.7. The van der Waals surface area contributed by atoms with Crippen molar-refractivity contribution in [3.63, 3.8) is 0 Å². The van der Waals surface area contributed by atoms with E-state index in [1.165, 1.54) is 0 Å². The number of fused-ring (bicyclic) bond motifs is 8. The van der Waals surface area contributed by atoms with E-state index >= 15 is 0 Å². The number of aliphatic hydroxyl groups is 1. The Morgan fingerprint density at radius 1 is 0.361 bits per heavy atom. The first-order valence-electron chi connectivity index (χ1n) is 19.0. The Hall–Kier alpha value is -7.16. The van der Waals surface area contributed by atoms with Gasteiger partial charge in [-0.15, -0.1) is 0 Å². The molecule has 61 heavy (non-hydrogen) atoms. The Morgan fingerprint density at radius 2 is 0.623 bits per heavy atom. The molecule has 0 saturated carbocycles. The molecule has 326 valence electrons. The van der Waals surface area contributed by atoms with Gasteiger partial charge in [0.25, 0.3) is 0 Å². The Morgan fingerprint density at radius 3 is 0.918 bits per heavy atom. The molecule has 21 heteroatoms. The maximum Gasteiger partial charge on any atom is 0.307 e. The molecule has 0 radical (unpaired) electrons. The van der Waals surface area contributed by atoms with Gasteiger partial charge in [-0.25, -0.2) is 0 Å². The first kappa shape index (κ1) is 44.9. The number of aliphatic hydroxyl groups excluding tert-OH is 1. The summed E-state index contributed by atoms with van der Waals surface area (Å²) < 4.78 is 0. The van der Waals surface area contributed by atoms with E-state index in [4.69, 9.17) is 0 Å². The summed E-state index contributed by atoms with van der Waals surface area (Å²) in [5.41, 5.74) is 2.63. The van der Waals surface area contributed by atoms with Gasteiger partial charge in [-0.2, -0.15) is 0 Å². The van der Waals surface area contributed by atoms with Gasteiger partial charge in [0.05, 0.1) is 38.2 Å². The number of carboxylic acid groups (broad SMARTS) is 8. The van der Waals surface area contributed by atoms with Gasteiger partial charge >= 0.3 is 47.8 Å².